The molecule has 0 unspecified atom stereocenters. The average Bonchev–Trinajstić information content (AvgIpc) is 2.74. The summed E-state index contributed by atoms with van der Waals surface area (Å²) in [4.78, 5) is 14.3. The quantitative estimate of drug-likeness (QED) is 0.808. The predicted octanol–water partition coefficient (Wildman–Crippen LogP) is 3.09. The maximum Gasteiger partial charge on any atom is 0.229 e. The third-order valence-electron chi connectivity index (χ3n) is 5.40. The number of methoxy groups -OCH3 is 1. The van der Waals surface area contributed by atoms with E-state index in [0.29, 0.717) is 6.61 Å². The third kappa shape index (κ3) is 3.66. The molecule has 144 valence electrons. The number of fused-ring (bicyclic) bond motifs is 1. The summed E-state index contributed by atoms with van der Waals surface area (Å²) in [5.41, 5.74) is 3.56. The Balaban J connectivity index is 1.52. The van der Waals surface area contributed by atoms with E-state index in [1.807, 2.05) is 19.1 Å². The summed E-state index contributed by atoms with van der Waals surface area (Å²) in [7, 11) is 1.73. The second-order valence-electron chi connectivity index (χ2n) is 7.04. The highest BCUT2D eigenvalue weighted by atomic mass is 16.5. The highest BCUT2D eigenvalue weighted by Gasteiger charge is 2.25. The van der Waals surface area contributed by atoms with Crippen LogP contribution in [-0.4, -0.2) is 49.9 Å². The van der Waals surface area contributed by atoms with Gasteiger partial charge in [0.15, 0.2) is 0 Å². The summed E-state index contributed by atoms with van der Waals surface area (Å²) >= 11 is 0. The van der Waals surface area contributed by atoms with Crippen molar-refractivity contribution in [2.45, 2.75) is 32.6 Å². The van der Waals surface area contributed by atoms with E-state index in [4.69, 9.17) is 19.4 Å². The Bertz CT molecular complexity index is 788. The molecule has 0 spiro atoms. The van der Waals surface area contributed by atoms with Crippen LogP contribution in [-0.2, 0) is 12.8 Å². The molecule has 0 N–H and O–H groups in total. The number of nitrogens with zero attached hydrogens (tertiary/aromatic N) is 4. The van der Waals surface area contributed by atoms with Crippen LogP contribution in [0.4, 0.5) is 11.6 Å². The number of anilines is 2. The van der Waals surface area contributed by atoms with Crippen LogP contribution in [0.15, 0.2) is 24.3 Å². The van der Waals surface area contributed by atoms with Crippen LogP contribution < -0.4 is 19.3 Å². The van der Waals surface area contributed by atoms with Gasteiger partial charge in [0.25, 0.3) is 0 Å². The van der Waals surface area contributed by atoms with E-state index >= 15 is 0 Å². The van der Waals surface area contributed by atoms with Crippen molar-refractivity contribution in [3.8, 4) is 11.6 Å². The van der Waals surface area contributed by atoms with Gasteiger partial charge in [0, 0.05) is 31.7 Å². The van der Waals surface area contributed by atoms with Crippen LogP contribution in [0.3, 0.4) is 0 Å². The first-order chi connectivity index (χ1) is 13.3. The fraction of sp³-hybridized carbons (Fsp3) is 0.524. The van der Waals surface area contributed by atoms with Gasteiger partial charge in [-0.05, 0) is 44.7 Å². The summed E-state index contributed by atoms with van der Waals surface area (Å²) < 4.78 is 11.4. The molecule has 27 heavy (non-hydrogen) atoms. The maximum atomic E-state index is 5.85. The molecule has 6 heteroatoms. The number of para-hydroxylation sites is 2. The molecule has 1 aliphatic carbocycles. The molecule has 1 aromatic carbocycles. The minimum Gasteiger partial charge on any atom is -0.495 e. The van der Waals surface area contributed by atoms with E-state index in [9.17, 15) is 0 Å². The molecule has 0 amide bonds. The highest BCUT2D eigenvalue weighted by Crippen LogP contribution is 2.31. The minimum atomic E-state index is 0.643. The lowest BCUT2D eigenvalue weighted by atomic mass is 9.97. The topological polar surface area (TPSA) is 50.7 Å². The second kappa shape index (κ2) is 8.03. The van der Waals surface area contributed by atoms with Crippen LogP contribution >= 0.6 is 0 Å². The van der Waals surface area contributed by atoms with Crippen LogP contribution in [0.25, 0.3) is 0 Å². The van der Waals surface area contributed by atoms with Gasteiger partial charge in [-0.1, -0.05) is 12.1 Å². The van der Waals surface area contributed by atoms with Crippen LogP contribution in [0, 0.1) is 0 Å². The largest absolute Gasteiger partial charge is 0.495 e. The number of aryl methyl sites for hydroxylation is 1. The Kier molecular flexibility index (Phi) is 5.32. The molecular weight excluding hydrogens is 340 g/mol. The molecule has 1 aromatic heterocycles. The summed E-state index contributed by atoms with van der Waals surface area (Å²) in [6.45, 7) is 6.29. The number of hydrogen-bond acceptors (Lipinski definition) is 6. The van der Waals surface area contributed by atoms with Gasteiger partial charge >= 0.3 is 0 Å². The van der Waals surface area contributed by atoms with Crippen LogP contribution in [0.1, 0.15) is 31.0 Å². The van der Waals surface area contributed by atoms with E-state index in [1.165, 1.54) is 24.1 Å². The first-order valence-corrected chi connectivity index (χ1v) is 9.95. The van der Waals surface area contributed by atoms with Crippen molar-refractivity contribution in [2.75, 3.05) is 49.7 Å². The molecule has 1 fully saturated rings. The fourth-order valence-corrected chi connectivity index (χ4v) is 3.98. The van der Waals surface area contributed by atoms with Gasteiger partial charge in [-0.25, -0.2) is 4.98 Å². The molecule has 0 saturated carbocycles. The van der Waals surface area contributed by atoms with Crippen LogP contribution in [0.2, 0.25) is 0 Å². The number of rotatable bonds is 5. The number of piperazine rings is 1. The van der Waals surface area contributed by atoms with Crippen molar-refractivity contribution in [1.29, 1.82) is 0 Å². The summed E-state index contributed by atoms with van der Waals surface area (Å²) in [6, 6.07) is 8.21. The van der Waals surface area contributed by atoms with Crippen LogP contribution in [0.5, 0.6) is 11.6 Å². The predicted molar refractivity (Wildman–Crippen MR) is 107 cm³/mol. The lowest BCUT2D eigenvalue weighted by Crippen LogP contribution is -2.47. The molecule has 0 radical (unpaired) electrons. The van der Waals surface area contributed by atoms with Crippen molar-refractivity contribution in [1.82, 2.24) is 9.97 Å². The average molecular weight is 368 g/mol. The van der Waals surface area contributed by atoms with Gasteiger partial charge in [0.2, 0.25) is 11.8 Å². The maximum absolute atomic E-state index is 5.85. The molecule has 6 nitrogen and oxygen atoms in total. The Morgan fingerprint density at radius 1 is 0.963 bits per heavy atom. The summed E-state index contributed by atoms with van der Waals surface area (Å²) in [5.74, 6) is 2.54. The van der Waals surface area contributed by atoms with E-state index < -0.39 is 0 Å². The molecular formula is C21H28N4O2. The Morgan fingerprint density at radius 2 is 1.70 bits per heavy atom. The number of hydrogen-bond donors (Lipinski definition) is 0. The Hall–Kier alpha value is -2.50. The van der Waals surface area contributed by atoms with Gasteiger partial charge in [0.05, 0.1) is 25.1 Å². The highest BCUT2D eigenvalue weighted by molar-refractivity contribution is 5.59. The van der Waals surface area contributed by atoms with Gasteiger partial charge < -0.3 is 19.3 Å². The smallest absolute Gasteiger partial charge is 0.229 e. The summed E-state index contributed by atoms with van der Waals surface area (Å²) in [5, 5.41) is 0. The lowest BCUT2D eigenvalue weighted by Gasteiger charge is -2.37. The van der Waals surface area contributed by atoms with Gasteiger partial charge in [-0.15, -0.1) is 0 Å². The van der Waals surface area contributed by atoms with E-state index in [-0.39, 0.29) is 0 Å². The number of aromatic nitrogens is 2. The Morgan fingerprint density at radius 3 is 2.48 bits per heavy atom. The van der Waals surface area contributed by atoms with Crippen molar-refractivity contribution in [3.63, 3.8) is 0 Å². The zero-order chi connectivity index (χ0) is 18.6. The minimum absolute atomic E-state index is 0.643. The third-order valence-corrected chi connectivity index (χ3v) is 5.40. The zero-order valence-electron chi connectivity index (χ0n) is 16.3. The second-order valence-corrected chi connectivity index (χ2v) is 7.04. The Labute approximate surface area is 161 Å². The summed E-state index contributed by atoms with van der Waals surface area (Å²) in [6.07, 6.45) is 4.47. The molecule has 2 aliphatic rings. The molecule has 2 aromatic rings. The van der Waals surface area contributed by atoms with Crippen molar-refractivity contribution in [3.05, 3.63) is 35.5 Å². The number of ether oxygens (including phenoxy) is 2. The van der Waals surface area contributed by atoms with Gasteiger partial charge in [0.1, 0.15) is 5.75 Å². The van der Waals surface area contributed by atoms with Crippen molar-refractivity contribution in [2.24, 2.45) is 0 Å². The molecule has 2 heterocycles. The fourth-order valence-electron chi connectivity index (χ4n) is 3.98. The standard InChI is InChI=1S/C21H28N4O2/c1-3-27-20-16-8-4-5-9-17(16)22-21(23-20)25-14-12-24(13-15-25)18-10-6-7-11-19(18)26-2/h6-7,10-11H,3-5,8-9,12-15H2,1-2H3. The molecule has 4 rings (SSSR count). The molecule has 0 atom stereocenters. The first-order valence-electron chi connectivity index (χ1n) is 9.95. The zero-order valence-corrected chi connectivity index (χ0v) is 16.3. The monoisotopic (exact) mass is 368 g/mol. The van der Waals surface area contributed by atoms with E-state index in [1.54, 1.807) is 7.11 Å². The van der Waals surface area contributed by atoms with E-state index in [2.05, 4.69) is 21.9 Å². The first kappa shape index (κ1) is 17.9. The van der Waals surface area contributed by atoms with Gasteiger partial charge in [-0.2, -0.15) is 4.98 Å². The van der Waals surface area contributed by atoms with E-state index in [0.717, 1.165) is 62.3 Å². The van der Waals surface area contributed by atoms with Crippen molar-refractivity contribution >= 4 is 11.6 Å². The SMILES string of the molecule is CCOc1nc(N2CCN(c3ccccc3OC)CC2)nc2c1CCCC2. The normalized spacial score (nSPS) is 16.8. The lowest BCUT2D eigenvalue weighted by molar-refractivity contribution is 0.319. The molecule has 1 aliphatic heterocycles. The molecule has 1 saturated heterocycles. The molecule has 0 bridgehead atoms. The van der Waals surface area contributed by atoms with Crippen molar-refractivity contribution < 1.29 is 9.47 Å². The number of benzene rings is 1. The van der Waals surface area contributed by atoms with Gasteiger partial charge in [-0.3, -0.25) is 0 Å².